The van der Waals surface area contributed by atoms with Crippen LogP contribution in [0.1, 0.15) is 49.7 Å². The Labute approximate surface area is 120 Å². The molecule has 1 amide bonds. The minimum absolute atomic E-state index is 0.0203. The van der Waals surface area contributed by atoms with Crippen molar-refractivity contribution in [2.45, 2.75) is 57.4 Å². The van der Waals surface area contributed by atoms with Crippen molar-refractivity contribution < 1.29 is 4.79 Å². The van der Waals surface area contributed by atoms with Crippen molar-refractivity contribution in [2.75, 3.05) is 5.32 Å². The minimum atomic E-state index is -0.0224. The van der Waals surface area contributed by atoms with Crippen LogP contribution in [0.3, 0.4) is 0 Å². The van der Waals surface area contributed by atoms with Crippen molar-refractivity contribution in [1.29, 1.82) is 0 Å². The molecule has 2 aliphatic carbocycles. The molecule has 1 saturated carbocycles. The van der Waals surface area contributed by atoms with E-state index in [4.69, 9.17) is 5.73 Å². The second kappa shape index (κ2) is 5.96. The zero-order chi connectivity index (χ0) is 13.9. The van der Waals surface area contributed by atoms with E-state index >= 15 is 0 Å². The van der Waals surface area contributed by atoms with Gasteiger partial charge in [-0.1, -0.05) is 25.3 Å². The number of anilines is 1. The van der Waals surface area contributed by atoms with E-state index in [1.807, 2.05) is 6.07 Å². The minimum Gasteiger partial charge on any atom is -0.327 e. The molecule has 2 atom stereocenters. The lowest BCUT2D eigenvalue weighted by Crippen LogP contribution is -2.37. The summed E-state index contributed by atoms with van der Waals surface area (Å²) in [4.78, 5) is 12.4. The molecule has 0 aliphatic heterocycles. The Morgan fingerprint density at radius 2 is 1.85 bits per heavy atom. The largest absolute Gasteiger partial charge is 0.327 e. The van der Waals surface area contributed by atoms with Crippen molar-refractivity contribution in [3.8, 4) is 0 Å². The monoisotopic (exact) mass is 272 g/mol. The Bertz CT molecular complexity index is 498. The van der Waals surface area contributed by atoms with Crippen LogP contribution in [0.5, 0.6) is 0 Å². The topological polar surface area (TPSA) is 55.1 Å². The molecule has 20 heavy (non-hydrogen) atoms. The summed E-state index contributed by atoms with van der Waals surface area (Å²) in [6, 6.07) is 6.35. The predicted octanol–water partition coefficient (Wildman–Crippen LogP) is 3.02. The van der Waals surface area contributed by atoms with E-state index in [9.17, 15) is 4.79 Å². The number of carbonyl (C=O) groups excluding carboxylic acids is 1. The summed E-state index contributed by atoms with van der Waals surface area (Å²) in [6.07, 6.45) is 8.94. The van der Waals surface area contributed by atoms with Crippen LogP contribution in [0.25, 0.3) is 0 Å². The van der Waals surface area contributed by atoms with Gasteiger partial charge in [0.1, 0.15) is 0 Å². The van der Waals surface area contributed by atoms with Gasteiger partial charge in [0.2, 0.25) is 5.91 Å². The molecule has 3 nitrogen and oxygen atoms in total. The summed E-state index contributed by atoms with van der Waals surface area (Å²) in [5.41, 5.74) is 9.94. The molecule has 2 unspecified atom stereocenters. The number of aryl methyl sites for hydroxylation is 2. The zero-order valence-electron chi connectivity index (χ0n) is 12.0. The molecule has 1 fully saturated rings. The van der Waals surface area contributed by atoms with Gasteiger partial charge in [-0.2, -0.15) is 0 Å². The summed E-state index contributed by atoms with van der Waals surface area (Å²) in [5, 5.41) is 3.08. The summed E-state index contributed by atoms with van der Waals surface area (Å²) in [6.45, 7) is 0. The van der Waals surface area contributed by atoms with E-state index in [0.29, 0.717) is 0 Å². The van der Waals surface area contributed by atoms with Crippen LogP contribution < -0.4 is 11.1 Å². The van der Waals surface area contributed by atoms with Gasteiger partial charge >= 0.3 is 0 Å². The molecular weight excluding hydrogens is 248 g/mol. The third-order valence-corrected chi connectivity index (χ3v) is 4.77. The van der Waals surface area contributed by atoms with Crippen LogP contribution in [0.15, 0.2) is 18.2 Å². The van der Waals surface area contributed by atoms with Gasteiger partial charge in [-0.15, -0.1) is 0 Å². The second-order valence-electron chi connectivity index (χ2n) is 6.23. The first-order valence-corrected chi connectivity index (χ1v) is 7.92. The van der Waals surface area contributed by atoms with E-state index in [1.54, 1.807) is 0 Å². The van der Waals surface area contributed by atoms with Gasteiger partial charge < -0.3 is 11.1 Å². The van der Waals surface area contributed by atoms with Crippen molar-refractivity contribution in [2.24, 2.45) is 11.7 Å². The average Bonchev–Trinajstić information content (AvgIpc) is 2.79. The smallest absolute Gasteiger partial charge is 0.229 e. The molecule has 0 saturated heterocycles. The first-order chi connectivity index (χ1) is 9.74. The van der Waals surface area contributed by atoms with Crippen LogP contribution >= 0.6 is 0 Å². The first kappa shape index (κ1) is 13.6. The predicted molar refractivity (Wildman–Crippen MR) is 81.6 cm³/mol. The number of carbonyl (C=O) groups is 1. The molecular formula is C17H24N2O. The van der Waals surface area contributed by atoms with Gasteiger partial charge in [-0.25, -0.2) is 0 Å². The number of nitrogens with two attached hydrogens (primary N) is 1. The van der Waals surface area contributed by atoms with Gasteiger partial charge in [0.15, 0.2) is 0 Å². The van der Waals surface area contributed by atoms with Gasteiger partial charge in [0.25, 0.3) is 0 Å². The highest BCUT2D eigenvalue weighted by Crippen LogP contribution is 2.27. The lowest BCUT2D eigenvalue weighted by Gasteiger charge is -2.20. The number of hydrogen-bond donors (Lipinski definition) is 2. The molecule has 108 valence electrons. The number of hydrogen-bond acceptors (Lipinski definition) is 2. The number of rotatable bonds is 2. The molecule has 0 heterocycles. The van der Waals surface area contributed by atoms with Crippen molar-refractivity contribution in [3.63, 3.8) is 0 Å². The Balaban J connectivity index is 1.68. The highest BCUT2D eigenvalue weighted by Gasteiger charge is 2.27. The maximum Gasteiger partial charge on any atom is 0.229 e. The quantitative estimate of drug-likeness (QED) is 0.813. The summed E-state index contributed by atoms with van der Waals surface area (Å²) < 4.78 is 0. The lowest BCUT2D eigenvalue weighted by molar-refractivity contribution is -0.120. The highest BCUT2D eigenvalue weighted by molar-refractivity contribution is 5.93. The number of fused-ring (bicyclic) bond motifs is 1. The molecule has 1 aromatic carbocycles. The van der Waals surface area contributed by atoms with E-state index in [-0.39, 0.29) is 17.9 Å². The molecule has 2 aliphatic rings. The molecule has 0 aromatic heterocycles. The van der Waals surface area contributed by atoms with Crippen LogP contribution in [0, 0.1) is 5.92 Å². The van der Waals surface area contributed by atoms with E-state index in [2.05, 4.69) is 17.4 Å². The molecule has 0 bridgehead atoms. The van der Waals surface area contributed by atoms with Crippen LogP contribution in [0.4, 0.5) is 5.69 Å². The van der Waals surface area contributed by atoms with E-state index in [1.165, 1.54) is 30.4 Å². The molecule has 3 N–H and O–H groups in total. The maximum atomic E-state index is 12.4. The third-order valence-electron chi connectivity index (χ3n) is 4.77. The SMILES string of the molecule is NC1CCCCCC1C(=O)Nc1ccc2c(c1)CCC2. The first-order valence-electron chi connectivity index (χ1n) is 7.92. The molecule has 3 heteroatoms. The standard InChI is InChI=1S/C17H24N2O/c18-16-8-3-1-2-7-15(16)17(20)19-14-10-9-12-5-4-6-13(12)11-14/h9-11,15-16H,1-8,18H2,(H,19,20). The Hall–Kier alpha value is -1.35. The van der Waals surface area contributed by atoms with Gasteiger partial charge in [-0.05, 0) is 55.4 Å². The van der Waals surface area contributed by atoms with E-state index < -0.39 is 0 Å². The van der Waals surface area contributed by atoms with Crippen LogP contribution in [-0.2, 0) is 17.6 Å². The van der Waals surface area contributed by atoms with Crippen molar-refractivity contribution in [3.05, 3.63) is 29.3 Å². The third kappa shape index (κ3) is 2.88. The van der Waals surface area contributed by atoms with Crippen LogP contribution in [0.2, 0.25) is 0 Å². The highest BCUT2D eigenvalue weighted by atomic mass is 16.1. The number of benzene rings is 1. The Kier molecular flexibility index (Phi) is 4.06. The zero-order valence-corrected chi connectivity index (χ0v) is 12.0. The lowest BCUT2D eigenvalue weighted by atomic mass is 9.94. The fourth-order valence-electron chi connectivity index (χ4n) is 3.55. The number of amides is 1. The second-order valence-corrected chi connectivity index (χ2v) is 6.23. The van der Waals surface area contributed by atoms with Crippen molar-refractivity contribution in [1.82, 2.24) is 0 Å². The summed E-state index contributed by atoms with van der Waals surface area (Å²) in [5.74, 6) is 0.0862. The van der Waals surface area contributed by atoms with Gasteiger partial charge in [-0.3, -0.25) is 4.79 Å². The Morgan fingerprint density at radius 1 is 1.05 bits per heavy atom. The van der Waals surface area contributed by atoms with E-state index in [0.717, 1.165) is 37.8 Å². The fourth-order valence-corrected chi connectivity index (χ4v) is 3.55. The van der Waals surface area contributed by atoms with Gasteiger partial charge in [0.05, 0.1) is 5.92 Å². The van der Waals surface area contributed by atoms with Gasteiger partial charge in [0, 0.05) is 11.7 Å². The summed E-state index contributed by atoms with van der Waals surface area (Å²) in [7, 11) is 0. The normalized spacial score (nSPS) is 25.9. The summed E-state index contributed by atoms with van der Waals surface area (Å²) >= 11 is 0. The fraction of sp³-hybridized carbons (Fsp3) is 0.588. The van der Waals surface area contributed by atoms with Crippen molar-refractivity contribution >= 4 is 11.6 Å². The van der Waals surface area contributed by atoms with Crippen LogP contribution in [-0.4, -0.2) is 11.9 Å². The average molecular weight is 272 g/mol. The molecule has 0 spiro atoms. The Morgan fingerprint density at radius 3 is 2.75 bits per heavy atom. The maximum absolute atomic E-state index is 12.4. The molecule has 1 aromatic rings. The molecule has 0 radical (unpaired) electrons. The number of nitrogens with one attached hydrogen (secondary N) is 1. The molecule has 3 rings (SSSR count).